The average molecular weight is 832 g/mol. The molecule has 48 heavy (non-hydrogen) atoms. The molecule has 3 atom stereocenters. The second-order valence-corrected chi connectivity index (χ2v) is 16.5. The van der Waals surface area contributed by atoms with Crippen LogP contribution in [0.4, 0.5) is 26.3 Å². The maximum atomic E-state index is 12.3. The molecule has 5 rings (SSSR count). The zero-order valence-corrected chi connectivity index (χ0v) is 29.4. The Labute approximate surface area is 290 Å². The van der Waals surface area contributed by atoms with E-state index in [-0.39, 0.29) is 18.0 Å². The molecule has 3 unspecified atom stereocenters. The van der Waals surface area contributed by atoms with Crippen molar-refractivity contribution >= 4 is 55.0 Å². The zero-order valence-electron chi connectivity index (χ0n) is 25.6. The van der Waals surface area contributed by atoms with Gasteiger partial charge >= 0.3 is 108 Å². The number of rotatable bonds is 5. The molecule has 0 saturated carbocycles. The molecule has 2 saturated heterocycles. The van der Waals surface area contributed by atoms with Crippen molar-refractivity contribution in [3.8, 4) is 6.19 Å². The number of halogens is 7. The van der Waals surface area contributed by atoms with Crippen LogP contribution in [0.2, 0.25) is 0 Å². The number of aromatic nitrogens is 2. The van der Waals surface area contributed by atoms with E-state index < -0.39 is 56.3 Å². The second kappa shape index (κ2) is 18.5. The third kappa shape index (κ3) is 13.0. The molecule has 2 aliphatic rings. The molecule has 2 fully saturated rings. The number of carbonyl (C=O) groups excluding carboxylic acids is 2. The van der Waals surface area contributed by atoms with Crippen LogP contribution in [0.25, 0.3) is 0 Å². The second-order valence-electron chi connectivity index (χ2n) is 10.2. The van der Waals surface area contributed by atoms with Crippen molar-refractivity contribution in [3.05, 3.63) is 93.1 Å². The van der Waals surface area contributed by atoms with Gasteiger partial charge in [0.05, 0.1) is 0 Å². The summed E-state index contributed by atoms with van der Waals surface area (Å²) in [7, 11) is -0.266. The first-order valence-electron chi connectivity index (χ1n) is 14.2. The largest absolute Gasteiger partial charge is 0.433 e. The van der Waals surface area contributed by atoms with Crippen molar-refractivity contribution in [2.75, 3.05) is 23.0 Å². The smallest absolute Gasteiger partial charge is 0.251 e. The molecule has 0 aliphatic carbocycles. The van der Waals surface area contributed by atoms with Crippen LogP contribution < -0.4 is 0 Å². The van der Waals surface area contributed by atoms with Gasteiger partial charge in [0.15, 0.2) is 0 Å². The van der Waals surface area contributed by atoms with Crippen LogP contribution in [0.15, 0.2) is 71.4 Å². The molecule has 0 radical (unpaired) electrons. The standard InChI is InChI=1S/C11H10F3N3S.C10H10F3NS.C10H11IO4.H2/c12-11(13,14)10-2-1-8(5-16-10)9-3-4-18(6-9)17-7-15;11-10(12,13)9-2-1-7(5-14-9)8-3-4-15-6-8;1-8(12)14-11(15-9(2)13)10-6-4-3-5-7-10;/h1-2,5,9H,3-4,6H2;1-2,5,8H,3-4,6H2;3-7H,1-2H3;1H/i;;;1+1. The Kier molecular flexibility index (Phi) is 15.1. The van der Waals surface area contributed by atoms with Crippen LogP contribution in [0, 0.1) is 15.0 Å². The molecule has 262 valence electrons. The summed E-state index contributed by atoms with van der Waals surface area (Å²) >= 11 is -0.756. The van der Waals surface area contributed by atoms with E-state index >= 15 is 0 Å². The first-order chi connectivity index (χ1) is 22.7. The minimum absolute atomic E-state index is 0. The number of hydrogen-bond donors (Lipinski definition) is 0. The molecule has 2 aromatic heterocycles. The summed E-state index contributed by atoms with van der Waals surface area (Å²) < 4.78 is 88.3. The first kappa shape index (κ1) is 39.2. The van der Waals surface area contributed by atoms with Crippen molar-refractivity contribution in [3.63, 3.8) is 0 Å². The van der Waals surface area contributed by atoms with Gasteiger partial charge in [0.2, 0.25) is 6.19 Å². The van der Waals surface area contributed by atoms with E-state index in [0.717, 1.165) is 62.7 Å². The third-order valence-electron chi connectivity index (χ3n) is 6.56. The maximum absolute atomic E-state index is 12.3. The summed E-state index contributed by atoms with van der Waals surface area (Å²) in [5.74, 6) is 3.35. The number of hydrogen-bond acceptors (Lipinski definition) is 9. The Hall–Kier alpha value is -3.24. The van der Waals surface area contributed by atoms with Crippen molar-refractivity contribution in [1.29, 1.82) is 5.26 Å². The summed E-state index contributed by atoms with van der Waals surface area (Å²) in [6.07, 6.45) is -2.41. The van der Waals surface area contributed by atoms with Gasteiger partial charge < -0.3 is 0 Å². The van der Waals surface area contributed by atoms with Crippen LogP contribution in [0.3, 0.4) is 0 Å². The van der Waals surface area contributed by atoms with Crippen LogP contribution >= 0.6 is 32.4 Å². The van der Waals surface area contributed by atoms with Crippen LogP contribution in [0.5, 0.6) is 0 Å². The molecule has 2 aliphatic heterocycles. The first-order valence-corrected chi connectivity index (χ1v) is 19.7. The number of nitrogens with zero attached hydrogens (tertiary/aromatic N) is 4. The molecule has 17 heteroatoms. The van der Waals surface area contributed by atoms with E-state index in [1.54, 1.807) is 24.4 Å². The van der Waals surface area contributed by atoms with Crippen LogP contribution in [0.1, 0.15) is 62.5 Å². The quantitative estimate of drug-likeness (QED) is 0.143. The van der Waals surface area contributed by atoms with Crippen molar-refractivity contribution in [2.24, 2.45) is 4.36 Å². The number of alkyl halides is 6. The minimum atomic E-state index is -4.39. The molecule has 0 spiro atoms. The minimum Gasteiger partial charge on any atom is -0.251 e. The number of benzene rings is 1. The molecule has 0 bridgehead atoms. The predicted molar refractivity (Wildman–Crippen MR) is 180 cm³/mol. The van der Waals surface area contributed by atoms with Gasteiger partial charge in [-0.25, -0.2) is 0 Å². The summed E-state index contributed by atoms with van der Waals surface area (Å²) in [6, 6.07) is 14.1. The average Bonchev–Trinajstić information content (AvgIpc) is 3.74. The molecule has 0 N–H and O–H groups in total. The van der Waals surface area contributed by atoms with E-state index in [9.17, 15) is 35.9 Å². The molecular weight excluding hydrogens is 797 g/mol. The molecular formula is C31H33F6IN4O4S2. The van der Waals surface area contributed by atoms with Gasteiger partial charge in [0.25, 0.3) is 0 Å². The van der Waals surface area contributed by atoms with Gasteiger partial charge in [0, 0.05) is 31.1 Å². The summed E-state index contributed by atoms with van der Waals surface area (Å²) in [5.41, 5.74) is 0.0426. The fourth-order valence-electron chi connectivity index (χ4n) is 4.33. The normalized spacial score (nSPS) is 19.1. The zero-order chi connectivity index (χ0) is 35.3. The van der Waals surface area contributed by atoms with Gasteiger partial charge in [-0.15, -0.1) is 0 Å². The summed E-state index contributed by atoms with van der Waals surface area (Å²) in [6.45, 7) is 2.60. The van der Waals surface area contributed by atoms with Gasteiger partial charge in [-0.1, -0.05) is 22.8 Å². The van der Waals surface area contributed by atoms with Crippen LogP contribution in [-0.2, 0) is 38.8 Å². The number of thioether (sulfide) groups is 1. The SMILES string of the molecule is CC(=O)OI(OC(C)=O)c1ccccc1.FC(F)(F)c1ccc(C2CCSC2)cn1.N#CN=S1CCC(c2ccc(C(F)(F)F)nc2)C1.[2HH]. The predicted octanol–water partition coefficient (Wildman–Crippen LogP) is 8.76. The fourth-order valence-corrected chi connectivity index (χ4v) is 10.1. The summed E-state index contributed by atoms with van der Waals surface area (Å²) in [4.78, 5) is 28.6. The number of nitriles is 1. The fraction of sp³-hybridized carbons (Fsp3) is 0.387. The number of pyridine rings is 2. The van der Waals surface area contributed by atoms with E-state index in [1.165, 1.54) is 32.3 Å². The van der Waals surface area contributed by atoms with Gasteiger partial charge in [-0.2, -0.15) is 47.7 Å². The van der Waals surface area contributed by atoms with E-state index in [0.29, 0.717) is 5.92 Å². The molecule has 0 amide bonds. The summed E-state index contributed by atoms with van der Waals surface area (Å²) in [5, 5.41) is 8.46. The van der Waals surface area contributed by atoms with Crippen molar-refractivity contribution in [1.82, 2.24) is 9.97 Å². The Morgan fingerprint density at radius 3 is 1.85 bits per heavy atom. The van der Waals surface area contributed by atoms with E-state index in [1.807, 2.05) is 30.0 Å². The third-order valence-corrected chi connectivity index (χ3v) is 13.3. The molecule has 3 aromatic rings. The number of carbonyl (C=O) groups is 2. The Morgan fingerprint density at radius 2 is 1.44 bits per heavy atom. The Bertz CT molecular complexity index is 1560. The van der Waals surface area contributed by atoms with Gasteiger partial charge in [-0.05, 0) is 53.7 Å². The Morgan fingerprint density at radius 1 is 0.896 bits per heavy atom. The van der Waals surface area contributed by atoms with Gasteiger partial charge in [0.1, 0.15) is 11.4 Å². The van der Waals surface area contributed by atoms with E-state index in [2.05, 4.69) is 14.3 Å². The van der Waals surface area contributed by atoms with Crippen molar-refractivity contribution < 1.29 is 43.5 Å². The Balaban J connectivity index is 0.000000254. The molecule has 8 nitrogen and oxygen atoms in total. The van der Waals surface area contributed by atoms with Crippen LogP contribution in [-0.4, -0.2) is 44.9 Å². The van der Waals surface area contributed by atoms with E-state index in [4.69, 9.17) is 11.4 Å². The maximum Gasteiger partial charge on any atom is 0.433 e. The monoisotopic (exact) mass is 831 g/mol. The van der Waals surface area contributed by atoms with Crippen molar-refractivity contribution in [2.45, 2.75) is 50.9 Å². The molecule has 1 aromatic carbocycles. The van der Waals surface area contributed by atoms with Gasteiger partial charge in [-0.3, -0.25) is 9.97 Å². The topological polar surface area (TPSA) is 115 Å². The molecule has 4 heterocycles.